The molecule has 1 saturated heterocycles. The van der Waals surface area contributed by atoms with Crippen LogP contribution in [0.25, 0.3) is 5.65 Å². The molecule has 0 radical (unpaired) electrons. The van der Waals surface area contributed by atoms with E-state index >= 15 is 0 Å². The highest BCUT2D eigenvalue weighted by Gasteiger charge is 2.34. The van der Waals surface area contributed by atoms with E-state index in [0.29, 0.717) is 13.1 Å². The molecule has 28 heavy (non-hydrogen) atoms. The number of hydrogen-bond donors (Lipinski definition) is 1. The Hall–Kier alpha value is -2.41. The lowest BCUT2D eigenvalue weighted by atomic mass is 9.94. The second kappa shape index (κ2) is 7.91. The average molecular weight is 386 g/mol. The molecule has 3 rings (SSSR count). The number of nitrogens with one attached hydrogen (secondary N) is 1. The molecule has 0 saturated carbocycles. The number of pyridine rings is 1. The summed E-state index contributed by atoms with van der Waals surface area (Å²) in [5.74, 6) is -0.0885. The van der Waals surface area contributed by atoms with Crippen LogP contribution < -0.4 is 5.32 Å². The molecule has 0 aliphatic carbocycles. The van der Waals surface area contributed by atoms with Crippen molar-refractivity contribution in [2.45, 2.75) is 46.7 Å². The molecule has 1 atom stereocenters. The molecule has 0 bridgehead atoms. The lowest BCUT2D eigenvalue weighted by Gasteiger charge is -2.39. The first-order valence-corrected chi connectivity index (χ1v) is 9.84. The van der Waals surface area contributed by atoms with Gasteiger partial charge >= 0.3 is 0 Å². The minimum atomic E-state index is -0.411. The minimum Gasteiger partial charge on any atom is -0.353 e. The third-order valence-corrected chi connectivity index (χ3v) is 5.13. The van der Waals surface area contributed by atoms with E-state index < -0.39 is 6.04 Å². The van der Waals surface area contributed by atoms with Gasteiger partial charge in [-0.2, -0.15) is 0 Å². The molecule has 7 heteroatoms. The molecule has 0 aromatic carbocycles. The molecule has 1 N–H and O–H groups in total. The number of carbonyl (C=O) groups is 2. The van der Waals surface area contributed by atoms with E-state index in [4.69, 9.17) is 0 Å². The summed E-state index contributed by atoms with van der Waals surface area (Å²) in [5.41, 5.74) is 2.85. The Morgan fingerprint density at radius 1 is 1.36 bits per heavy atom. The summed E-state index contributed by atoms with van der Waals surface area (Å²) in [5, 5.41) is 2.91. The molecule has 1 fully saturated rings. The van der Waals surface area contributed by atoms with Crippen LogP contribution in [-0.2, 0) is 16.1 Å². The zero-order valence-corrected chi connectivity index (χ0v) is 17.5. The summed E-state index contributed by atoms with van der Waals surface area (Å²) in [6.45, 7) is 11.1. The average Bonchev–Trinajstić information content (AvgIpc) is 2.92. The normalized spacial score (nSPS) is 18.3. The number of hydrogen-bond acceptors (Lipinski definition) is 4. The quantitative estimate of drug-likeness (QED) is 0.853. The van der Waals surface area contributed by atoms with Crippen LogP contribution in [0.1, 0.15) is 38.6 Å². The fraction of sp³-hybridized carbons (Fsp3) is 0.571. The first-order valence-electron chi connectivity index (χ1n) is 9.84. The Bertz CT molecular complexity index is 867. The number of aromatic nitrogens is 2. The molecule has 0 spiro atoms. The summed E-state index contributed by atoms with van der Waals surface area (Å²) < 4.78 is 2.01. The molecule has 1 aliphatic heterocycles. The first-order chi connectivity index (χ1) is 13.2. The molecular formula is C21H31N5O2. The zero-order valence-electron chi connectivity index (χ0n) is 17.5. The Balaban J connectivity index is 1.71. The molecule has 2 aromatic rings. The largest absolute Gasteiger partial charge is 0.353 e. The van der Waals surface area contributed by atoms with E-state index in [2.05, 4.69) is 36.0 Å². The number of fused-ring (bicyclic) bond motifs is 1. The maximum Gasteiger partial charge on any atom is 0.237 e. The van der Waals surface area contributed by atoms with Crippen LogP contribution in [0.5, 0.6) is 0 Å². The van der Waals surface area contributed by atoms with Gasteiger partial charge in [-0.1, -0.05) is 26.8 Å². The Morgan fingerprint density at radius 2 is 2.11 bits per heavy atom. The van der Waals surface area contributed by atoms with Gasteiger partial charge in [0.05, 0.1) is 30.4 Å². The molecule has 1 aliphatic rings. The number of carbonyl (C=O) groups excluding carboxylic acids is 2. The minimum absolute atomic E-state index is 0.0359. The van der Waals surface area contributed by atoms with Crippen molar-refractivity contribution in [1.29, 1.82) is 0 Å². The summed E-state index contributed by atoms with van der Waals surface area (Å²) in [4.78, 5) is 33.8. The van der Waals surface area contributed by atoms with Crippen molar-refractivity contribution in [3.8, 4) is 0 Å². The van der Waals surface area contributed by atoms with Crippen molar-refractivity contribution < 1.29 is 9.59 Å². The van der Waals surface area contributed by atoms with E-state index in [-0.39, 0.29) is 23.7 Å². The van der Waals surface area contributed by atoms with Gasteiger partial charge in [-0.25, -0.2) is 4.98 Å². The van der Waals surface area contributed by atoms with Crippen LogP contribution >= 0.6 is 0 Å². The number of imidazole rings is 1. The zero-order chi connectivity index (χ0) is 20.5. The Morgan fingerprint density at radius 3 is 2.82 bits per heavy atom. The molecule has 2 amide bonds. The highest BCUT2D eigenvalue weighted by Crippen LogP contribution is 2.21. The van der Waals surface area contributed by atoms with Crippen LogP contribution in [0.3, 0.4) is 0 Å². The number of rotatable bonds is 5. The maximum atomic E-state index is 12.9. The van der Waals surface area contributed by atoms with E-state index in [1.165, 1.54) is 0 Å². The fourth-order valence-corrected chi connectivity index (χ4v) is 3.77. The van der Waals surface area contributed by atoms with Crippen molar-refractivity contribution in [3.05, 3.63) is 35.8 Å². The third-order valence-electron chi connectivity index (χ3n) is 5.13. The van der Waals surface area contributed by atoms with Crippen molar-refractivity contribution in [2.24, 2.45) is 5.41 Å². The standard InChI is InChI=1S/C21H31N5O2/c1-15-17(26-10-7-6-8-18(26)23-15)13-24(5)19(27)12-16-20(28)22-9-11-25(16)14-21(2,3)4/h6-8,10,16H,9,11-14H2,1-5H3,(H,22,28). The highest BCUT2D eigenvalue weighted by atomic mass is 16.2. The predicted octanol–water partition coefficient (Wildman–Crippen LogP) is 1.84. The van der Waals surface area contributed by atoms with Gasteiger partial charge in [0.25, 0.3) is 0 Å². The van der Waals surface area contributed by atoms with Gasteiger partial charge in [-0.3, -0.25) is 14.5 Å². The third kappa shape index (κ3) is 4.52. The molecule has 2 aromatic heterocycles. The molecule has 1 unspecified atom stereocenters. The second-order valence-electron chi connectivity index (χ2n) is 8.86. The number of aryl methyl sites for hydroxylation is 1. The maximum absolute atomic E-state index is 12.9. The molecular weight excluding hydrogens is 354 g/mol. The van der Waals surface area contributed by atoms with Crippen LogP contribution in [0.15, 0.2) is 24.4 Å². The van der Waals surface area contributed by atoms with Gasteiger partial charge in [0.15, 0.2) is 0 Å². The number of nitrogens with zero attached hydrogens (tertiary/aromatic N) is 4. The van der Waals surface area contributed by atoms with E-state index in [1.54, 1.807) is 11.9 Å². The van der Waals surface area contributed by atoms with Crippen molar-refractivity contribution in [3.63, 3.8) is 0 Å². The van der Waals surface area contributed by atoms with Gasteiger partial charge in [-0.05, 0) is 24.5 Å². The summed E-state index contributed by atoms with van der Waals surface area (Å²) in [6, 6.07) is 5.45. The fourth-order valence-electron chi connectivity index (χ4n) is 3.77. The SMILES string of the molecule is Cc1nc2ccccn2c1CN(C)C(=O)CC1C(=O)NCCN1CC(C)(C)C. The van der Waals surface area contributed by atoms with Gasteiger partial charge in [0, 0.05) is 32.9 Å². The number of amides is 2. The lowest BCUT2D eigenvalue weighted by molar-refractivity contribution is -0.138. The van der Waals surface area contributed by atoms with Crippen LogP contribution in [0.4, 0.5) is 0 Å². The van der Waals surface area contributed by atoms with Crippen molar-refractivity contribution in [2.75, 3.05) is 26.7 Å². The predicted molar refractivity (Wildman–Crippen MR) is 109 cm³/mol. The van der Waals surface area contributed by atoms with Crippen LogP contribution in [0.2, 0.25) is 0 Å². The summed E-state index contributed by atoms with van der Waals surface area (Å²) >= 11 is 0. The van der Waals surface area contributed by atoms with Crippen LogP contribution in [-0.4, -0.2) is 63.7 Å². The Labute approximate surface area is 166 Å². The van der Waals surface area contributed by atoms with Crippen molar-refractivity contribution in [1.82, 2.24) is 24.5 Å². The van der Waals surface area contributed by atoms with Gasteiger partial charge < -0.3 is 14.6 Å². The molecule has 152 valence electrons. The lowest BCUT2D eigenvalue weighted by Crippen LogP contribution is -2.58. The summed E-state index contributed by atoms with van der Waals surface area (Å²) in [7, 11) is 1.79. The molecule has 7 nitrogen and oxygen atoms in total. The van der Waals surface area contributed by atoms with E-state index in [0.717, 1.165) is 30.1 Å². The number of piperazine rings is 1. The van der Waals surface area contributed by atoms with Gasteiger partial charge in [-0.15, -0.1) is 0 Å². The monoisotopic (exact) mass is 385 g/mol. The first kappa shape index (κ1) is 20.3. The van der Waals surface area contributed by atoms with Gasteiger partial charge in [0.1, 0.15) is 5.65 Å². The summed E-state index contributed by atoms with van der Waals surface area (Å²) in [6.07, 6.45) is 2.15. The van der Waals surface area contributed by atoms with E-state index in [9.17, 15) is 9.59 Å². The van der Waals surface area contributed by atoms with Gasteiger partial charge in [0.2, 0.25) is 11.8 Å². The Kier molecular flexibility index (Phi) is 5.74. The van der Waals surface area contributed by atoms with Crippen LogP contribution in [0, 0.1) is 12.3 Å². The highest BCUT2D eigenvalue weighted by molar-refractivity contribution is 5.88. The topological polar surface area (TPSA) is 69.9 Å². The van der Waals surface area contributed by atoms with Crippen molar-refractivity contribution >= 4 is 17.5 Å². The molecule has 3 heterocycles. The smallest absolute Gasteiger partial charge is 0.237 e. The van der Waals surface area contributed by atoms with E-state index in [1.807, 2.05) is 35.7 Å². The second-order valence-corrected chi connectivity index (χ2v) is 8.86.